The highest BCUT2D eigenvalue weighted by molar-refractivity contribution is 6.18. The van der Waals surface area contributed by atoms with Gasteiger partial charge in [-0.3, -0.25) is 4.79 Å². The van der Waals surface area contributed by atoms with E-state index in [1.807, 2.05) is 0 Å². The zero-order chi connectivity index (χ0) is 12.1. The third kappa shape index (κ3) is 12.1. The zero-order valence-corrected chi connectivity index (χ0v) is 11.4. The number of rotatable bonds is 11. The second kappa shape index (κ2) is 13.1. The van der Waals surface area contributed by atoms with Gasteiger partial charge in [-0.1, -0.05) is 25.7 Å². The summed E-state index contributed by atoms with van der Waals surface area (Å²) in [6.45, 7) is 0.552. The van der Waals surface area contributed by atoms with E-state index in [9.17, 15) is 4.79 Å². The summed E-state index contributed by atoms with van der Waals surface area (Å²) in [5.74, 6) is 1.16. The molecule has 0 saturated heterocycles. The second-order valence-corrected chi connectivity index (χ2v) is 4.58. The molecule has 0 aliphatic rings. The number of ether oxygens (including phenoxy) is 1. The van der Waals surface area contributed by atoms with Gasteiger partial charge in [0, 0.05) is 18.2 Å². The third-order valence-electron chi connectivity index (χ3n) is 2.31. The molecule has 0 aromatic heterocycles. The topological polar surface area (TPSA) is 26.3 Å². The first kappa shape index (κ1) is 16.1. The van der Waals surface area contributed by atoms with Gasteiger partial charge in [0.15, 0.2) is 0 Å². The minimum absolute atomic E-state index is 0.122. The van der Waals surface area contributed by atoms with Crippen molar-refractivity contribution >= 4 is 29.2 Å². The summed E-state index contributed by atoms with van der Waals surface area (Å²) >= 11 is 11.0. The van der Waals surface area contributed by atoms with Gasteiger partial charge < -0.3 is 4.74 Å². The monoisotopic (exact) mass is 268 g/mol. The summed E-state index contributed by atoms with van der Waals surface area (Å²) in [5.41, 5.74) is 0. The largest absolute Gasteiger partial charge is 0.466 e. The highest BCUT2D eigenvalue weighted by Gasteiger charge is 2.01. The molecule has 0 rings (SSSR count). The molecule has 2 nitrogen and oxygen atoms in total. The smallest absolute Gasteiger partial charge is 0.305 e. The van der Waals surface area contributed by atoms with Crippen LogP contribution in [0.2, 0.25) is 0 Å². The number of carbonyl (C=O) groups excluding carboxylic acids is 1. The summed E-state index contributed by atoms with van der Waals surface area (Å²) in [6.07, 6.45) is 7.99. The number of hydrogen-bond acceptors (Lipinski definition) is 2. The molecular formula is C12H22Cl2O2. The number of alkyl halides is 2. The lowest BCUT2D eigenvalue weighted by molar-refractivity contribution is -0.143. The molecule has 0 fully saturated rings. The molecule has 0 aromatic carbocycles. The fourth-order valence-electron chi connectivity index (χ4n) is 1.37. The van der Waals surface area contributed by atoms with Crippen molar-refractivity contribution in [3.8, 4) is 0 Å². The van der Waals surface area contributed by atoms with E-state index in [0.29, 0.717) is 25.3 Å². The van der Waals surface area contributed by atoms with Crippen LogP contribution < -0.4 is 0 Å². The lowest BCUT2D eigenvalue weighted by Crippen LogP contribution is -2.05. The van der Waals surface area contributed by atoms with Gasteiger partial charge in [-0.25, -0.2) is 0 Å². The molecule has 16 heavy (non-hydrogen) atoms. The fraction of sp³-hybridized carbons (Fsp3) is 0.917. The average molecular weight is 269 g/mol. The van der Waals surface area contributed by atoms with E-state index >= 15 is 0 Å². The van der Waals surface area contributed by atoms with E-state index < -0.39 is 0 Å². The van der Waals surface area contributed by atoms with E-state index in [0.717, 1.165) is 25.1 Å². The highest BCUT2D eigenvalue weighted by atomic mass is 35.5. The van der Waals surface area contributed by atoms with Crippen LogP contribution in [0.5, 0.6) is 0 Å². The van der Waals surface area contributed by atoms with Crippen LogP contribution in [0.4, 0.5) is 0 Å². The van der Waals surface area contributed by atoms with E-state index in [4.69, 9.17) is 27.9 Å². The van der Waals surface area contributed by atoms with Gasteiger partial charge in [-0.05, 0) is 19.3 Å². The first-order chi connectivity index (χ1) is 7.81. The number of halogens is 2. The Hall–Kier alpha value is 0.0500. The van der Waals surface area contributed by atoms with Gasteiger partial charge in [0.2, 0.25) is 0 Å². The van der Waals surface area contributed by atoms with Crippen molar-refractivity contribution in [3.63, 3.8) is 0 Å². The molecule has 0 atom stereocenters. The second-order valence-electron chi connectivity index (χ2n) is 3.82. The summed E-state index contributed by atoms with van der Waals surface area (Å²) in [6, 6.07) is 0. The molecule has 4 heteroatoms. The Morgan fingerprint density at radius 2 is 1.38 bits per heavy atom. The SMILES string of the molecule is O=C(CCCCl)OCCCCCCCCCl. The highest BCUT2D eigenvalue weighted by Crippen LogP contribution is 2.06. The lowest BCUT2D eigenvalue weighted by Gasteiger charge is -2.04. The summed E-state index contributed by atoms with van der Waals surface area (Å²) in [4.78, 5) is 11.1. The Labute approximate surface area is 109 Å². The van der Waals surface area contributed by atoms with Crippen LogP contribution in [0.25, 0.3) is 0 Å². The van der Waals surface area contributed by atoms with E-state index in [1.54, 1.807) is 0 Å². The van der Waals surface area contributed by atoms with Crippen LogP contribution in [0.1, 0.15) is 51.4 Å². The Bertz CT molecular complexity index is 163. The van der Waals surface area contributed by atoms with Crippen molar-refractivity contribution in [2.75, 3.05) is 18.4 Å². The minimum Gasteiger partial charge on any atom is -0.466 e. The van der Waals surface area contributed by atoms with Gasteiger partial charge in [-0.15, -0.1) is 23.2 Å². The maximum Gasteiger partial charge on any atom is 0.305 e. The average Bonchev–Trinajstić information content (AvgIpc) is 2.30. The number of unbranched alkanes of at least 4 members (excludes halogenated alkanes) is 5. The molecule has 0 aliphatic carbocycles. The third-order valence-corrected chi connectivity index (χ3v) is 2.84. The van der Waals surface area contributed by atoms with Gasteiger partial charge >= 0.3 is 5.97 Å². The molecule has 0 saturated carbocycles. The zero-order valence-electron chi connectivity index (χ0n) is 9.85. The summed E-state index contributed by atoms with van der Waals surface area (Å²) in [5, 5.41) is 0. The van der Waals surface area contributed by atoms with Crippen molar-refractivity contribution in [1.82, 2.24) is 0 Å². The van der Waals surface area contributed by atoms with E-state index in [-0.39, 0.29) is 5.97 Å². The van der Waals surface area contributed by atoms with Crippen molar-refractivity contribution in [2.45, 2.75) is 51.4 Å². The lowest BCUT2D eigenvalue weighted by atomic mass is 10.1. The molecular weight excluding hydrogens is 247 g/mol. The van der Waals surface area contributed by atoms with Crippen LogP contribution >= 0.6 is 23.2 Å². The molecule has 0 unspecified atom stereocenters. The van der Waals surface area contributed by atoms with Crippen LogP contribution in [-0.2, 0) is 9.53 Å². The van der Waals surface area contributed by atoms with E-state index in [2.05, 4.69) is 0 Å². The van der Waals surface area contributed by atoms with Gasteiger partial charge in [-0.2, -0.15) is 0 Å². The Balaban J connectivity index is 3.05. The molecule has 96 valence electrons. The van der Waals surface area contributed by atoms with Crippen molar-refractivity contribution in [1.29, 1.82) is 0 Å². The normalized spacial score (nSPS) is 10.4. The first-order valence-electron chi connectivity index (χ1n) is 6.08. The molecule has 0 heterocycles. The predicted molar refractivity (Wildman–Crippen MR) is 69.3 cm³/mol. The van der Waals surface area contributed by atoms with Crippen molar-refractivity contribution < 1.29 is 9.53 Å². The standard InChI is InChI=1S/C12H22Cl2O2/c13-9-5-3-1-2-4-6-11-16-12(15)8-7-10-14/h1-11H2. The molecule has 0 spiro atoms. The maximum atomic E-state index is 11.1. The van der Waals surface area contributed by atoms with Crippen LogP contribution in [0, 0.1) is 0 Å². The maximum absolute atomic E-state index is 11.1. The Kier molecular flexibility index (Phi) is 13.2. The number of hydrogen-bond donors (Lipinski definition) is 0. The predicted octanol–water partition coefficient (Wildman–Crippen LogP) is 4.13. The number of esters is 1. The van der Waals surface area contributed by atoms with Crippen molar-refractivity contribution in [3.05, 3.63) is 0 Å². The summed E-state index contributed by atoms with van der Waals surface area (Å²) < 4.78 is 5.05. The van der Waals surface area contributed by atoms with Crippen LogP contribution in [-0.4, -0.2) is 24.3 Å². The first-order valence-corrected chi connectivity index (χ1v) is 7.15. The molecule has 0 N–H and O–H groups in total. The quantitative estimate of drug-likeness (QED) is 0.320. The number of carbonyl (C=O) groups is 1. The molecule has 0 bridgehead atoms. The Morgan fingerprint density at radius 3 is 2.00 bits per heavy atom. The summed E-state index contributed by atoms with van der Waals surface area (Å²) in [7, 11) is 0. The van der Waals surface area contributed by atoms with Gasteiger partial charge in [0.05, 0.1) is 6.61 Å². The molecule has 0 radical (unpaired) electrons. The Morgan fingerprint density at radius 1 is 0.812 bits per heavy atom. The van der Waals surface area contributed by atoms with Crippen LogP contribution in [0.15, 0.2) is 0 Å². The van der Waals surface area contributed by atoms with Gasteiger partial charge in [0.25, 0.3) is 0 Å². The van der Waals surface area contributed by atoms with Crippen molar-refractivity contribution in [2.24, 2.45) is 0 Å². The molecule has 0 aliphatic heterocycles. The fourth-order valence-corrected chi connectivity index (χ4v) is 1.70. The minimum atomic E-state index is -0.122. The van der Waals surface area contributed by atoms with Gasteiger partial charge in [0.1, 0.15) is 0 Å². The molecule has 0 aromatic rings. The van der Waals surface area contributed by atoms with E-state index in [1.165, 1.54) is 19.3 Å². The molecule has 0 amide bonds. The van der Waals surface area contributed by atoms with Crippen LogP contribution in [0.3, 0.4) is 0 Å².